The van der Waals surface area contributed by atoms with Crippen molar-refractivity contribution in [3.05, 3.63) is 60.4 Å². The number of pyridine rings is 1. The van der Waals surface area contributed by atoms with E-state index in [0.29, 0.717) is 6.42 Å². The molecule has 2 aromatic rings. The Morgan fingerprint density at radius 2 is 1.71 bits per heavy atom. The second kappa shape index (κ2) is 10.4. The van der Waals surface area contributed by atoms with Crippen molar-refractivity contribution in [1.82, 2.24) is 14.8 Å². The molecule has 4 rings (SSSR count). The molecule has 6 heteroatoms. The lowest BCUT2D eigenvalue weighted by Crippen LogP contribution is -2.63. The lowest BCUT2D eigenvalue weighted by Gasteiger charge is -2.51. The summed E-state index contributed by atoms with van der Waals surface area (Å²) < 4.78 is 5.74. The smallest absolute Gasteiger partial charge is 0.226 e. The molecule has 2 saturated heterocycles. The minimum Gasteiger partial charge on any atom is -0.381 e. The van der Waals surface area contributed by atoms with Crippen LogP contribution in [0.25, 0.3) is 0 Å². The molecule has 1 aromatic carbocycles. The first-order valence-corrected chi connectivity index (χ1v) is 11.5. The zero-order valence-electron chi connectivity index (χ0n) is 18.6. The average molecular weight is 423 g/mol. The van der Waals surface area contributed by atoms with E-state index in [9.17, 15) is 4.79 Å². The van der Waals surface area contributed by atoms with Crippen LogP contribution in [0.3, 0.4) is 0 Å². The predicted octanol–water partition coefficient (Wildman–Crippen LogP) is 3.19. The maximum atomic E-state index is 12.9. The zero-order valence-corrected chi connectivity index (χ0v) is 18.6. The molecule has 6 nitrogen and oxygen atoms in total. The summed E-state index contributed by atoms with van der Waals surface area (Å²) in [5, 5.41) is 0. The third-order valence-electron chi connectivity index (χ3n) is 6.75. The van der Waals surface area contributed by atoms with Crippen LogP contribution in [0, 0.1) is 0 Å². The molecule has 0 bridgehead atoms. The van der Waals surface area contributed by atoms with Crippen LogP contribution >= 0.6 is 0 Å². The first-order chi connectivity index (χ1) is 15.2. The van der Waals surface area contributed by atoms with Gasteiger partial charge in [-0.1, -0.05) is 25.1 Å². The summed E-state index contributed by atoms with van der Waals surface area (Å²) in [6.07, 6.45) is 6.19. The van der Waals surface area contributed by atoms with Crippen LogP contribution in [-0.4, -0.2) is 72.2 Å². The molecule has 1 amide bonds. The summed E-state index contributed by atoms with van der Waals surface area (Å²) in [4.78, 5) is 24.2. The van der Waals surface area contributed by atoms with Gasteiger partial charge in [-0.15, -0.1) is 0 Å². The SMILES string of the molecule is CCC(=O)N(CC1(N2CCN(Cc3ccncc3)CC2)CCOCC1)c1ccccc1. The van der Waals surface area contributed by atoms with Gasteiger partial charge in [-0.3, -0.25) is 19.6 Å². The van der Waals surface area contributed by atoms with Crippen LogP contribution in [0.4, 0.5) is 5.69 Å². The van der Waals surface area contributed by atoms with E-state index < -0.39 is 0 Å². The van der Waals surface area contributed by atoms with Gasteiger partial charge in [-0.25, -0.2) is 0 Å². The lowest BCUT2D eigenvalue weighted by atomic mass is 9.86. The molecule has 2 aliphatic rings. The predicted molar refractivity (Wildman–Crippen MR) is 123 cm³/mol. The van der Waals surface area contributed by atoms with E-state index in [-0.39, 0.29) is 11.4 Å². The maximum absolute atomic E-state index is 12.9. The number of rotatable bonds is 7. The topological polar surface area (TPSA) is 48.9 Å². The minimum atomic E-state index is -0.0261. The highest BCUT2D eigenvalue weighted by Crippen LogP contribution is 2.32. The number of hydrogen-bond donors (Lipinski definition) is 0. The summed E-state index contributed by atoms with van der Waals surface area (Å²) in [5.74, 6) is 0.188. The Morgan fingerprint density at radius 1 is 1.03 bits per heavy atom. The molecule has 1 aromatic heterocycles. The average Bonchev–Trinajstić information content (AvgIpc) is 2.84. The summed E-state index contributed by atoms with van der Waals surface area (Å²) in [7, 11) is 0. The molecule has 2 aliphatic heterocycles. The van der Waals surface area contributed by atoms with Crippen molar-refractivity contribution >= 4 is 11.6 Å². The highest BCUT2D eigenvalue weighted by atomic mass is 16.5. The van der Waals surface area contributed by atoms with Gasteiger partial charge >= 0.3 is 0 Å². The third kappa shape index (κ3) is 5.32. The monoisotopic (exact) mass is 422 g/mol. The van der Waals surface area contributed by atoms with Gasteiger partial charge in [-0.05, 0) is 42.7 Å². The van der Waals surface area contributed by atoms with Crippen LogP contribution in [-0.2, 0) is 16.1 Å². The largest absolute Gasteiger partial charge is 0.381 e. The number of piperazine rings is 1. The van der Waals surface area contributed by atoms with E-state index in [0.717, 1.165) is 71.0 Å². The van der Waals surface area contributed by atoms with Crippen molar-refractivity contribution in [2.24, 2.45) is 0 Å². The number of ether oxygens (including phenoxy) is 1. The van der Waals surface area contributed by atoms with Crippen molar-refractivity contribution in [1.29, 1.82) is 0 Å². The minimum absolute atomic E-state index is 0.0261. The fourth-order valence-corrected chi connectivity index (χ4v) is 4.87. The Kier molecular flexibility index (Phi) is 7.33. The molecule has 166 valence electrons. The van der Waals surface area contributed by atoms with E-state index >= 15 is 0 Å². The number of benzene rings is 1. The van der Waals surface area contributed by atoms with E-state index in [4.69, 9.17) is 4.74 Å². The second-order valence-electron chi connectivity index (χ2n) is 8.62. The van der Waals surface area contributed by atoms with Gasteiger partial charge in [0.2, 0.25) is 5.91 Å². The molecule has 0 saturated carbocycles. The molecule has 0 atom stereocenters. The van der Waals surface area contributed by atoms with Crippen molar-refractivity contribution in [3.8, 4) is 0 Å². The van der Waals surface area contributed by atoms with Gasteiger partial charge in [0.1, 0.15) is 0 Å². The van der Waals surface area contributed by atoms with Gasteiger partial charge in [-0.2, -0.15) is 0 Å². The summed E-state index contributed by atoms with van der Waals surface area (Å²) in [6, 6.07) is 14.3. The molecule has 0 unspecified atom stereocenters. The number of hydrogen-bond acceptors (Lipinski definition) is 5. The van der Waals surface area contributed by atoms with Crippen molar-refractivity contribution in [2.75, 3.05) is 50.8 Å². The highest BCUT2D eigenvalue weighted by molar-refractivity contribution is 5.93. The third-order valence-corrected chi connectivity index (χ3v) is 6.75. The van der Waals surface area contributed by atoms with Crippen LogP contribution in [0.1, 0.15) is 31.7 Å². The van der Waals surface area contributed by atoms with Crippen molar-refractivity contribution in [2.45, 2.75) is 38.3 Å². The Morgan fingerprint density at radius 3 is 2.35 bits per heavy atom. The molecule has 2 fully saturated rings. The molecular weight excluding hydrogens is 388 g/mol. The Labute approximate surface area is 185 Å². The normalized spacial score (nSPS) is 19.8. The van der Waals surface area contributed by atoms with E-state index in [1.54, 1.807) is 0 Å². The lowest BCUT2D eigenvalue weighted by molar-refractivity contribution is -0.119. The summed E-state index contributed by atoms with van der Waals surface area (Å²) in [6.45, 7) is 9.31. The molecule has 3 heterocycles. The molecular formula is C25H34N4O2. The van der Waals surface area contributed by atoms with E-state index in [1.807, 2.05) is 54.5 Å². The fourth-order valence-electron chi connectivity index (χ4n) is 4.87. The fraction of sp³-hybridized carbons (Fsp3) is 0.520. The van der Waals surface area contributed by atoms with Crippen molar-refractivity contribution < 1.29 is 9.53 Å². The molecule has 31 heavy (non-hydrogen) atoms. The Hall–Kier alpha value is -2.28. The van der Waals surface area contributed by atoms with Crippen LogP contribution in [0.5, 0.6) is 0 Å². The van der Waals surface area contributed by atoms with Crippen molar-refractivity contribution in [3.63, 3.8) is 0 Å². The number of anilines is 1. The highest BCUT2D eigenvalue weighted by Gasteiger charge is 2.42. The second-order valence-corrected chi connectivity index (χ2v) is 8.62. The number of carbonyl (C=O) groups excluding carboxylic acids is 1. The standard InChI is InChI=1S/C25H34N4O2/c1-2-24(30)29(23-6-4-3-5-7-23)21-25(10-18-31-19-11-25)28-16-14-27(15-17-28)20-22-8-12-26-13-9-22/h3-9,12-13H,2,10-11,14-21H2,1H3. The molecule has 0 spiro atoms. The molecule has 0 N–H and O–H groups in total. The maximum Gasteiger partial charge on any atom is 0.226 e. The van der Waals surface area contributed by atoms with Crippen LogP contribution in [0.15, 0.2) is 54.9 Å². The number of nitrogens with zero attached hydrogens (tertiary/aromatic N) is 4. The van der Waals surface area contributed by atoms with Gasteiger partial charge in [0, 0.05) is 82.5 Å². The van der Waals surface area contributed by atoms with Crippen LogP contribution < -0.4 is 4.90 Å². The number of para-hydroxylation sites is 1. The van der Waals surface area contributed by atoms with Gasteiger partial charge in [0.25, 0.3) is 0 Å². The summed E-state index contributed by atoms with van der Waals surface area (Å²) >= 11 is 0. The van der Waals surface area contributed by atoms with Crippen LogP contribution in [0.2, 0.25) is 0 Å². The van der Waals surface area contributed by atoms with Gasteiger partial charge in [0.05, 0.1) is 0 Å². The molecule has 0 aliphatic carbocycles. The quantitative estimate of drug-likeness (QED) is 0.686. The van der Waals surface area contributed by atoms with Gasteiger partial charge in [0.15, 0.2) is 0 Å². The Bertz CT molecular complexity index is 816. The number of aromatic nitrogens is 1. The number of amides is 1. The molecule has 0 radical (unpaired) electrons. The van der Waals surface area contributed by atoms with E-state index in [2.05, 4.69) is 26.9 Å². The first kappa shape index (κ1) is 21.9. The van der Waals surface area contributed by atoms with E-state index in [1.165, 1.54) is 5.56 Å². The summed E-state index contributed by atoms with van der Waals surface area (Å²) in [5.41, 5.74) is 2.28. The zero-order chi connectivity index (χ0) is 21.5. The Balaban J connectivity index is 1.48. The van der Waals surface area contributed by atoms with Gasteiger partial charge < -0.3 is 9.64 Å². The number of carbonyl (C=O) groups is 1. The first-order valence-electron chi connectivity index (χ1n) is 11.5.